The van der Waals surface area contributed by atoms with Gasteiger partial charge in [0, 0.05) is 17.5 Å². The Bertz CT molecular complexity index is 1050. The molecule has 0 saturated carbocycles. The second kappa shape index (κ2) is 7.35. The third kappa shape index (κ3) is 3.83. The minimum absolute atomic E-state index is 0.132. The smallest absolute Gasteiger partial charge is 0.277 e. The van der Waals surface area contributed by atoms with Crippen LogP contribution in [-0.2, 0) is 11.2 Å². The molecule has 0 bridgehead atoms. The van der Waals surface area contributed by atoms with E-state index in [4.69, 9.17) is 9.47 Å². The van der Waals surface area contributed by atoms with Gasteiger partial charge < -0.3 is 9.47 Å². The molecule has 1 aliphatic heterocycles. The highest BCUT2D eigenvalue weighted by Crippen LogP contribution is 2.41. The van der Waals surface area contributed by atoms with Crippen molar-refractivity contribution in [2.75, 3.05) is 6.61 Å². The highest BCUT2D eigenvalue weighted by molar-refractivity contribution is 5.99. The predicted octanol–water partition coefficient (Wildman–Crippen LogP) is 4.08. The van der Waals surface area contributed by atoms with Crippen molar-refractivity contribution in [1.82, 2.24) is 5.43 Å². The van der Waals surface area contributed by atoms with E-state index in [-0.39, 0.29) is 18.1 Å². The average Bonchev–Trinajstić information content (AvgIpc) is 3.01. The number of nitrogens with zero attached hydrogens (tertiary/aromatic N) is 1. The fourth-order valence-electron chi connectivity index (χ4n) is 3.41. The van der Waals surface area contributed by atoms with Crippen molar-refractivity contribution in [3.05, 3.63) is 71.8 Å². The van der Waals surface area contributed by atoms with Crippen molar-refractivity contribution >= 4 is 22.9 Å². The van der Waals surface area contributed by atoms with E-state index in [0.717, 1.165) is 34.1 Å². The summed E-state index contributed by atoms with van der Waals surface area (Å²) in [6, 6.07) is 19.8. The third-order valence-corrected chi connectivity index (χ3v) is 4.63. The SMILES string of the molecule is CC1(C)Cc2cccc(OCC(=O)N/N=C/c3cccc4ccccc34)c2O1. The zero-order chi connectivity index (χ0) is 19.6. The summed E-state index contributed by atoms with van der Waals surface area (Å²) in [5.74, 6) is 0.974. The van der Waals surface area contributed by atoms with Gasteiger partial charge in [0.25, 0.3) is 5.91 Å². The number of nitrogens with one attached hydrogen (secondary N) is 1. The summed E-state index contributed by atoms with van der Waals surface area (Å²) in [7, 11) is 0. The van der Waals surface area contributed by atoms with Crippen LogP contribution < -0.4 is 14.9 Å². The number of fused-ring (bicyclic) bond motifs is 2. The number of benzene rings is 3. The van der Waals surface area contributed by atoms with Crippen LogP contribution in [-0.4, -0.2) is 24.3 Å². The summed E-state index contributed by atoms with van der Waals surface area (Å²) >= 11 is 0. The molecular weight excluding hydrogens is 352 g/mol. The lowest BCUT2D eigenvalue weighted by molar-refractivity contribution is -0.123. The maximum Gasteiger partial charge on any atom is 0.277 e. The van der Waals surface area contributed by atoms with Crippen molar-refractivity contribution in [3.63, 3.8) is 0 Å². The molecule has 0 aliphatic carbocycles. The number of carbonyl (C=O) groups is 1. The fourth-order valence-corrected chi connectivity index (χ4v) is 3.41. The highest BCUT2D eigenvalue weighted by atomic mass is 16.5. The van der Waals surface area contributed by atoms with E-state index in [1.54, 1.807) is 6.21 Å². The van der Waals surface area contributed by atoms with Gasteiger partial charge in [0.2, 0.25) is 0 Å². The summed E-state index contributed by atoms with van der Waals surface area (Å²) in [6.45, 7) is 3.93. The zero-order valence-corrected chi connectivity index (χ0v) is 15.9. The summed E-state index contributed by atoms with van der Waals surface area (Å²) in [5.41, 5.74) is 4.29. The van der Waals surface area contributed by atoms with Crippen LogP contribution in [0, 0.1) is 0 Å². The zero-order valence-electron chi connectivity index (χ0n) is 15.9. The molecule has 1 heterocycles. The number of hydrogen-bond acceptors (Lipinski definition) is 4. The normalized spacial score (nSPS) is 14.6. The fraction of sp³-hybridized carbons (Fsp3) is 0.217. The Kier molecular flexibility index (Phi) is 4.74. The molecule has 3 aromatic rings. The van der Waals surface area contributed by atoms with Crippen LogP contribution in [0.2, 0.25) is 0 Å². The number of carbonyl (C=O) groups excluding carboxylic acids is 1. The standard InChI is InChI=1S/C23H22N2O3/c1-23(2)13-17-9-6-12-20(22(17)28-23)27-15-21(26)25-24-14-18-10-5-8-16-7-3-4-11-19(16)18/h3-12,14H,13,15H2,1-2H3,(H,25,26)/b24-14+. The molecule has 0 unspecified atom stereocenters. The Morgan fingerprint density at radius 2 is 1.93 bits per heavy atom. The van der Waals surface area contributed by atoms with Crippen molar-refractivity contribution in [2.45, 2.75) is 25.9 Å². The molecule has 28 heavy (non-hydrogen) atoms. The van der Waals surface area contributed by atoms with Crippen LogP contribution in [0.1, 0.15) is 25.0 Å². The summed E-state index contributed by atoms with van der Waals surface area (Å²) in [4.78, 5) is 12.1. The molecule has 5 heteroatoms. The van der Waals surface area contributed by atoms with Crippen molar-refractivity contribution in [2.24, 2.45) is 5.10 Å². The Labute approximate surface area is 164 Å². The van der Waals surface area contributed by atoms with Gasteiger partial charge in [-0.15, -0.1) is 0 Å². The summed E-state index contributed by atoms with van der Waals surface area (Å²) in [6.07, 6.45) is 2.47. The summed E-state index contributed by atoms with van der Waals surface area (Å²) < 4.78 is 11.6. The number of hydrogen-bond donors (Lipinski definition) is 1. The van der Waals surface area contributed by atoms with Crippen molar-refractivity contribution < 1.29 is 14.3 Å². The first kappa shape index (κ1) is 18.0. The molecule has 5 nitrogen and oxygen atoms in total. The van der Waals surface area contributed by atoms with E-state index in [1.807, 2.05) is 74.5 Å². The molecule has 0 aromatic heterocycles. The second-order valence-electron chi connectivity index (χ2n) is 7.43. The average molecular weight is 374 g/mol. The van der Waals surface area contributed by atoms with Crippen molar-refractivity contribution in [1.29, 1.82) is 0 Å². The van der Waals surface area contributed by atoms with Crippen LogP contribution in [0.3, 0.4) is 0 Å². The van der Waals surface area contributed by atoms with Crippen LogP contribution >= 0.6 is 0 Å². The molecule has 3 aromatic carbocycles. The number of hydrazone groups is 1. The third-order valence-electron chi connectivity index (χ3n) is 4.63. The van der Waals surface area contributed by atoms with Gasteiger partial charge in [0.1, 0.15) is 5.60 Å². The Hall–Kier alpha value is -3.34. The van der Waals surface area contributed by atoms with E-state index in [9.17, 15) is 4.79 Å². The van der Waals surface area contributed by atoms with Gasteiger partial charge >= 0.3 is 0 Å². The van der Waals surface area contributed by atoms with E-state index in [2.05, 4.69) is 10.5 Å². The van der Waals surface area contributed by atoms with E-state index < -0.39 is 0 Å². The van der Waals surface area contributed by atoms with Gasteiger partial charge in [0.15, 0.2) is 18.1 Å². The number of ether oxygens (including phenoxy) is 2. The van der Waals surface area contributed by atoms with Gasteiger partial charge in [-0.3, -0.25) is 4.79 Å². The Morgan fingerprint density at radius 3 is 2.82 bits per heavy atom. The van der Waals surface area contributed by atoms with Gasteiger partial charge in [-0.05, 0) is 30.7 Å². The minimum Gasteiger partial charge on any atom is -0.483 e. The minimum atomic E-state index is -0.327. The molecule has 0 atom stereocenters. The highest BCUT2D eigenvalue weighted by Gasteiger charge is 2.32. The van der Waals surface area contributed by atoms with Gasteiger partial charge in [0.05, 0.1) is 6.21 Å². The lowest BCUT2D eigenvalue weighted by atomic mass is 10.0. The lowest BCUT2D eigenvalue weighted by Crippen LogP contribution is -2.26. The first-order valence-electron chi connectivity index (χ1n) is 9.25. The number of rotatable bonds is 5. The molecule has 1 aliphatic rings. The first-order chi connectivity index (χ1) is 13.5. The molecule has 142 valence electrons. The van der Waals surface area contributed by atoms with E-state index in [0.29, 0.717) is 5.75 Å². The van der Waals surface area contributed by atoms with Crippen molar-refractivity contribution in [3.8, 4) is 11.5 Å². The Morgan fingerprint density at radius 1 is 1.14 bits per heavy atom. The van der Waals surface area contributed by atoms with E-state index in [1.165, 1.54) is 0 Å². The van der Waals surface area contributed by atoms with Crippen LogP contribution in [0.15, 0.2) is 65.8 Å². The molecule has 0 radical (unpaired) electrons. The van der Waals surface area contributed by atoms with Crippen LogP contribution in [0.5, 0.6) is 11.5 Å². The van der Waals surface area contributed by atoms with Crippen LogP contribution in [0.25, 0.3) is 10.8 Å². The largest absolute Gasteiger partial charge is 0.483 e. The monoisotopic (exact) mass is 374 g/mol. The number of para-hydroxylation sites is 1. The lowest BCUT2D eigenvalue weighted by Gasteiger charge is -2.18. The first-order valence-corrected chi connectivity index (χ1v) is 9.25. The maximum absolute atomic E-state index is 12.1. The number of amides is 1. The van der Waals surface area contributed by atoms with Gasteiger partial charge in [-0.25, -0.2) is 5.43 Å². The van der Waals surface area contributed by atoms with Gasteiger partial charge in [-0.1, -0.05) is 54.6 Å². The summed E-state index contributed by atoms with van der Waals surface area (Å²) in [5, 5.41) is 6.27. The molecule has 1 N–H and O–H groups in total. The predicted molar refractivity (Wildman–Crippen MR) is 110 cm³/mol. The molecular formula is C23H22N2O3. The molecule has 1 amide bonds. The topological polar surface area (TPSA) is 59.9 Å². The Balaban J connectivity index is 1.37. The van der Waals surface area contributed by atoms with Gasteiger partial charge in [-0.2, -0.15) is 5.10 Å². The molecule has 0 fully saturated rings. The molecule has 0 spiro atoms. The molecule has 0 saturated heterocycles. The maximum atomic E-state index is 12.1. The molecule has 4 rings (SSSR count). The van der Waals surface area contributed by atoms with E-state index >= 15 is 0 Å². The quantitative estimate of drug-likeness (QED) is 0.541. The van der Waals surface area contributed by atoms with Crippen LogP contribution in [0.4, 0.5) is 0 Å². The second-order valence-corrected chi connectivity index (χ2v) is 7.43.